The molecule has 1 heterocycles. The first-order chi connectivity index (χ1) is 10.6. The van der Waals surface area contributed by atoms with Crippen LogP contribution in [0.25, 0.3) is 6.08 Å². The minimum absolute atomic E-state index is 0.176. The quantitative estimate of drug-likeness (QED) is 0.501. The van der Waals surface area contributed by atoms with Gasteiger partial charge in [0.2, 0.25) is 0 Å². The average molecular weight is 320 g/mol. The number of thiocarbonyl (C=S) groups is 1. The molecule has 7 heteroatoms. The minimum Gasteiger partial charge on any atom is -0.493 e. The van der Waals surface area contributed by atoms with Gasteiger partial charge in [0.1, 0.15) is 18.0 Å². The number of hydrogen-bond acceptors (Lipinski definition) is 5. The Morgan fingerprint density at radius 1 is 1.41 bits per heavy atom. The molecule has 0 atom stereocenters. The molecule has 0 radical (unpaired) electrons. The van der Waals surface area contributed by atoms with Crippen LogP contribution >= 0.6 is 12.2 Å². The van der Waals surface area contributed by atoms with Crippen molar-refractivity contribution >= 4 is 35.3 Å². The van der Waals surface area contributed by atoms with Crippen molar-refractivity contribution in [1.29, 1.82) is 0 Å². The molecule has 22 heavy (non-hydrogen) atoms. The normalized spacial score (nSPS) is 15.9. The third-order valence-electron chi connectivity index (χ3n) is 3.00. The highest BCUT2D eigenvalue weighted by atomic mass is 32.1. The Morgan fingerprint density at radius 2 is 2.14 bits per heavy atom. The zero-order valence-corrected chi connectivity index (χ0v) is 13.1. The molecule has 1 N–H and O–H groups in total. The van der Waals surface area contributed by atoms with Crippen LogP contribution in [0.1, 0.15) is 12.5 Å². The zero-order valence-electron chi connectivity index (χ0n) is 12.3. The summed E-state index contributed by atoms with van der Waals surface area (Å²) < 4.78 is 10.1. The van der Waals surface area contributed by atoms with E-state index in [1.165, 1.54) is 7.11 Å². The SMILES string of the molecule is CCOc1ccccc1/C=C1\NC(=S)N(CC(=O)OC)C1=O. The highest BCUT2D eigenvalue weighted by Crippen LogP contribution is 2.22. The second-order valence-corrected chi connectivity index (χ2v) is 4.81. The lowest BCUT2D eigenvalue weighted by Gasteiger charge is -2.11. The average Bonchev–Trinajstić information content (AvgIpc) is 2.77. The first kappa shape index (κ1) is 16.0. The number of carbonyl (C=O) groups is 2. The van der Waals surface area contributed by atoms with Crippen LogP contribution in [0, 0.1) is 0 Å². The maximum absolute atomic E-state index is 12.3. The van der Waals surface area contributed by atoms with Gasteiger partial charge in [0.05, 0.1) is 13.7 Å². The number of methoxy groups -OCH3 is 1. The van der Waals surface area contributed by atoms with Gasteiger partial charge >= 0.3 is 5.97 Å². The minimum atomic E-state index is -0.534. The second kappa shape index (κ2) is 7.04. The van der Waals surface area contributed by atoms with E-state index >= 15 is 0 Å². The Bertz CT molecular complexity index is 642. The molecule has 1 saturated heterocycles. The van der Waals surface area contributed by atoms with Crippen LogP contribution < -0.4 is 10.1 Å². The summed E-state index contributed by atoms with van der Waals surface area (Å²) in [6.07, 6.45) is 1.65. The lowest BCUT2D eigenvalue weighted by molar-refractivity contribution is -0.143. The molecule has 1 aliphatic rings. The molecule has 0 saturated carbocycles. The van der Waals surface area contributed by atoms with Crippen LogP contribution in [0.2, 0.25) is 0 Å². The molecule has 1 aromatic carbocycles. The van der Waals surface area contributed by atoms with Crippen LogP contribution in [0.15, 0.2) is 30.0 Å². The van der Waals surface area contributed by atoms with Crippen LogP contribution in [-0.4, -0.2) is 42.2 Å². The highest BCUT2D eigenvalue weighted by Gasteiger charge is 2.32. The number of hydrogen-bond donors (Lipinski definition) is 1. The molecule has 0 aromatic heterocycles. The van der Waals surface area contributed by atoms with Gasteiger partial charge < -0.3 is 14.8 Å². The van der Waals surface area contributed by atoms with Gasteiger partial charge in [0.15, 0.2) is 5.11 Å². The number of amides is 1. The van der Waals surface area contributed by atoms with Crippen LogP contribution in [0.4, 0.5) is 0 Å². The van der Waals surface area contributed by atoms with Crippen molar-refractivity contribution in [2.75, 3.05) is 20.3 Å². The van der Waals surface area contributed by atoms with E-state index in [1.807, 2.05) is 31.2 Å². The van der Waals surface area contributed by atoms with Gasteiger partial charge in [0, 0.05) is 5.56 Å². The summed E-state index contributed by atoms with van der Waals surface area (Å²) in [5.41, 5.74) is 1.05. The van der Waals surface area contributed by atoms with E-state index in [4.69, 9.17) is 17.0 Å². The van der Waals surface area contributed by atoms with E-state index in [0.717, 1.165) is 10.5 Å². The molecule has 1 fully saturated rings. The molecule has 2 rings (SSSR count). The van der Waals surface area contributed by atoms with Gasteiger partial charge in [-0.3, -0.25) is 14.5 Å². The summed E-state index contributed by atoms with van der Waals surface area (Å²) >= 11 is 5.08. The van der Waals surface area contributed by atoms with Gasteiger partial charge in [0.25, 0.3) is 5.91 Å². The molecule has 0 spiro atoms. The predicted octanol–water partition coefficient (Wildman–Crippen LogP) is 1.32. The van der Waals surface area contributed by atoms with Crippen molar-refractivity contribution in [2.45, 2.75) is 6.92 Å². The first-order valence-corrected chi connectivity index (χ1v) is 7.10. The number of benzene rings is 1. The largest absolute Gasteiger partial charge is 0.493 e. The van der Waals surface area contributed by atoms with E-state index in [1.54, 1.807) is 6.08 Å². The molecule has 0 aliphatic carbocycles. The predicted molar refractivity (Wildman–Crippen MR) is 85.1 cm³/mol. The standard InChI is InChI=1S/C15H16N2O4S/c1-3-21-12-7-5-4-6-10(12)8-11-14(19)17(15(22)16-11)9-13(18)20-2/h4-8H,3,9H2,1-2H3,(H,16,22)/b11-8-. The molecular formula is C15H16N2O4S. The van der Waals surface area contributed by atoms with Gasteiger partial charge in [-0.2, -0.15) is 0 Å². The van der Waals surface area contributed by atoms with E-state index < -0.39 is 5.97 Å². The van der Waals surface area contributed by atoms with E-state index in [0.29, 0.717) is 18.1 Å². The Kier molecular flexibility index (Phi) is 5.11. The third kappa shape index (κ3) is 3.43. The fraction of sp³-hybridized carbons (Fsp3) is 0.267. The highest BCUT2D eigenvalue weighted by molar-refractivity contribution is 7.80. The molecule has 0 unspecified atom stereocenters. The van der Waals surface area contributed by atoms with Gasteiger partial charge in [-0.15, -0.1) is 0 Å². The summed E-state index contributed by atoms with van der Waals surface area (Å²) in [7, 11) is 1.26. The summed E-state index contributed by atoms with van der Waals surface area (Å²) in [5.74, 6) is -0.236. The number of ether oxygens (including phenoxy) is 2. The number of esters is 1. The lowest BCUT2D eigenvalue weighted by Crippen LogP contribution is -2.35. The van der Waals surface area contributed by atoms with Crippen LogP contribution in [0.5, 0.6) is 5.75 Å². The summed E-state index contributed by atoms with van der Waals surface area (Å²) in [5, 5.41) is 2.98. The number of para-hydroxylation sites is 1. The Balaban J connectivity index is 2.25. The number of nitrogens with one attached hydrogen (secondary N) is 1. The number of rotatable bonds is 5. The monoisotopic (exact) mass is 320 g/mol. The van der Waals surface area contributed by atoms with Gasteiger partial charge in [-0.05, 0) is 31.3 Å². The van der Waals surface area contributed by atoms with Crippen molar-refractivity contribution in [3.05, 3.63) is 35.5 Å². The molecule has 1 amide bonds. The van der Waals surface area contributed by atoms with Crippen molar-refractivity contribution in [1.82, 2.24) is 10.2 Å². The Labute approximate surface area is 133 Å². The number of carbonyl (C=O) groups excluding carboxylic acids is 2. The summed E-state index contributed by atoms with van der Waals surface area (Å²) in [6.45, 7) is 2.19. The molecular weight excluding hydrogens is 304 g/mol. The van der Waals surface area contributed by atoms with Gasteiger partial charge in [-0.1, -0.05) is 18.2 Å². The Hall–Kier alpha value is -2.41. The molecule has 1 aromatic rings. The van der Waals surface area contributed by atoms with Crippen molar-refractivity contribution in [3.8, 4) is 5.75 Å². The number of nitrogens with zero attached hydrogens (tertiary/aromatic N) is 1. The molecule has 116 valence electrons. The summed E-state index contributed by atoms with van der Waals surface area (Å²) in [6, 6.07) is 7.35. The van der Waals surface area contributed by atoms with Crippen LogP contribution in [-0.2, 0) is 14.3 Å². The fourth-order valence-corrected chi connectivity index (χ4v) is 2.21. The summed E-state index contributed by atoms with van der Waals surface area (Å²) in [4.78, 5) is 24.8. The molecule has 1 aliphatic heterocycles. The second-order valence-electron chi connectivity index (χ2n) is 4.43. The maximum atomic E-state index is 12.3. The topological polar surface area (TPSA) is 67.9 Å². The Morgan fingerprint density at radius 3 is 2.82 bits per heavy atom. The van der Waals surface area contributed by atoms with E-state index in [2.05, 4.69) is 10.1 Å². The van der Waals surface area contributed by atoms with E-state index in [9.17, 15) is 9.59 Å². The lowest BCUT2D eigenvalue weighted by atomic mass is 10.1. The molecule has 0 bridgehead atoms. The van der Waals surface area contributed by atoms with Crippen molar-refractivity contribution in [3.63, 3.8) is 0 Å². The smallest absolute Gasteiger partial charge is 0.325 e. The van der Waals surface area contributed by atoms with Gasteiger partial charge in [-0.25, -0.2) is 0 Å². The van der Waals surface area contributed by atoms with Crippen LogP contribution in [0.3, 0.4) is 0 Å². The fourth-order valence-electron chi connectivity index (χ4n) is 1.95. The third-order valence-corrected chi connectivity index (χ3v) is 3.32. The molecule has 6 nitrogen and oxygen atoms in total. The van der Waals surface area contributed by atoms with Crippen molar-refractivity contribution < 1.29 is 19.1 Å². The first-order valence-electron chi connectivity index (χ1n) is 6.70. The van der Waals surface area contributed by atoms with E-state index in [-0.39, 0.29) is 17.6 Å². The maximum Gasteiger partial charge on any atom is 0.325 e. The zero-order chi connectivity index (χ0) is 16.1. The van der Waals surface area contributed by atoms with Crippen molar-refractivity contribution in [2.24, 2.45) is 0 Å².